The van der Waals surface area contributed by atoms with Crippen LogP contribution in [-0.4, -0.2) is 23.6 Å². The van der Waals surface area contributed by atoms with Crippen LogP contribution in [0, 0.1) is 6.92 Å². The van der Waals surface area contributed by atoms with Crippen LogP contribution in [-0.2, 0) is 9.53 Å². The molecule has 0 radical (unpaired) electrons. The van der Waals surface area contributed by atoms with Gasteiger partial charge in [0.05, 0.1) is 6.61 Å². The largest absolute Gasteiger partial charge is 0.462 e. The maximum absolute atomic E-state index is 12.5. The minimum absolute atomic E-state index is 0.182. The zero-order valence-corrected chi connectivity index (χ0v) is 15.8. The van der Waals surface area contributed by atoms with Crippen molar-refractivity contribution in [3.8, 4) is 11.1 Å². The van der Waals surface area contributed by atoms with Crippen molar-refractivity contribution in [2.75, 3.05) is 11.9 Å². The maximum Gasteiger partial charge on any atom is 0.341 e. The number of ether oxygens (including phenoxy) is 1. The molecule has 1 aromatic carbocycles. The molecule has 2 rings (SSSR count). The van der Waals surface area contributed by atoms with Gasteiger partial charge < -0.3 is 10.1 Å². The van der Waals surface area contributed by atoms with Gasteiger partial charge in [-0.1, -0.05) is 30.3 Å². The quantitative estimate of drug-likeness (QED) is 0.431. The van der Waals surface area contributed by atoms with Gasteiger partial charge in [0, 0.05) is 17.4 Å². The van der Waals surface area contributed by atoms with Crippen molar-refractivity contribution in [1.29, 1.82) is 0 Å². The lowest BCUT2D eigenvalue weighted by Gasteiger charge is -2.11. The van der Waals surface area contributed by atoms with Gasteiger partial charge in [0.2, 0.25) is 5.91 Å². The van der Waals surface area contributed by atoms with E-state index in [1.54, 1.807) is 6.92 Å². The highest BCUT2D eigenvalue weighted by molar-refractivity contribution is 7.80. The molecule has 2 aromatic rings. The highest BCUT2D eigenvalue weighted by Crippen LogP contribution is 2.40. The van der Waals surface area contributed by atoms with Gasteiger partial charge in [0.25, 0.3) is 0 Å². The summed E-state index contributed by atoms with van der Waals surface area (Å²) in [6.45, 7) is 5.33. The number of amides is 1. The standard InChI is InChI=1S/C17H19N3O3S2/c1-4-23-16(22)14-13(12-8-6-5-7-9-12)10(2)25-15(14)18-17(24)20-19-11(3)21/h5-9H,4H2,1-3H3,(H,19,21)(H2,18,20,24). The van der Waals surface area contributed by atoms with E-state index in [-0.39, 0.29) is 17.6 Å². The number of hydrazine groups is 1. The molecule has 0 saturated heterocycles. The molecule has 25 heavy (non-hydrogen) atoms. The minimum atomic E-state index is -0.421. The molecule has 1 heterocycles. The first-order valence-electron chi connectivity index (χ1n) is 7.63. The molecule has 0 saturated carbocycles. The lowest BCUT2D eigenvalue weighted by Crippen LogP contribution is -2.42. The molecule has 1 aromatic heterocycles. The topological polar surface area (TPSA) is 79.5 Å². The third-order valence-electron chi connectivity index (χ3n) is 3.21. The van der Waals surface area contributed by atoms with Crippen LogP contribution in [0.15, 0.2) is 30.3 Å². The number of carbonyl (C=O) groups is 2. The fraction of sp³-hybridized carbons (Fsp3) is 0.235. The van der Waals surface area contributed by atoms with Gasteiger partial charge in [0.15, 0.2) is 5.11 Å². The highest BCUT2D eigenvalue weighted by Gasteiger charge is 2.24. The highest BCUT2D eigenvalue weighted by atomic mass is 32.1. The van der Waals surface area contributed by atoms with Gasteiger partial charge in [-0.05, 0) is 31.6 Å². The number of thiophene rings is 1. The molecule has 0 atom stereocenters. The lowest BCUT2D eigenvalue weighted by molar-refractivity contribution is -0.119. The first-order chi connectivity index (χ1) is 11.9. The van der Waals surface area contributed by atoms with E-state index in [9.17, 15) is 9.59 Å². The second-order valence-electron chi connectivity index (χ2n) is 5.08. The summed E-state index contributed by atoms with van der Waals surface area (Å²) in [7, 11) is 0. The third-order valence-corrected chi connectivity index (χ3v) is 4.43. The fourth-order valence-electron chi connectivity index (χ4n) is 2.26. The third kappa shape index (κ3) is 4.77. The van der Waals surface area contributed by atoms with Crippen molar-refractivity contribution in [3.63, 3.8) is 0 Å². The summed E-state index contributed by atoms with van der Waals surface area (Å²) >= 11 is 6.55. The first kappa shape index (κ1) is 18.9. The van der Waals surface area contributed by atoms with Crippen LogP contribution in [0.4, 0.5) is 5.00 Å². The SMILES string of the molecule is CCOC(=O)c1c(NC(=S)NNC(C)=O)sc(C)c1-c1ccccc1. The maximum atomic E-state index is 12.5. The van der Waals surface area contributed by atoms with Crippen LogP contribution < -0.4 is 16.2 Å². The number of aryl methyl sites for hydroxylation is 1. The summed E-state index contributed by atoms with van der Waals surface area (Å²) in [6.07, 6.45) is 0. The van der Waals surface area contributed by atoms with Crippen LogP contribution in [0.2, 0.25) is 0 Å². The Morgan fingerprint density at radius 3 is 2.48 bits per heavy atom. The van der Waals surface area contributed by atoms with Crippen molar-refractivity contribution < 1.29 is 14.3 Å². The van der Waals surface area contributed by atoms with Crippen molar-refractivity contribution in [2.45, 2.75) is 20.8 Å². The first-order valence-corrected chi connectivity index (χ1v) is 8.86. The molecule has 3 N–H and O–H groups in total. The zero-order valence-electron chi connectivity index (χ0n) is 14.1. The smallest absolute Gasteiger partial charge is 0.341 e. The Hall–Kier alpha value is -2.45. The molecule has 8 heteroatoms. The number of anilines is 1. The summed E-state index contributed by atoms with van der Waals surface area (Å²) in [5, 5.41) is 3.71. The van der Waals surface area contributed by atoms with Gasteiger partial charge in [-0.2, -0.15) is 0 Å². The van der Waals surface area contributed by atoms with Crippen molar-refractivity contribution in [1.82, 2.24) is 10.9 Å². The number of carbonyl (C=O) groups excluding carboxylic acids is 2. The van der Waals surface area contributed by atoms with E-state index in [0.29, 0.717) is 10.6 Å². The van der Waals surface area contributed by atoms with Crippen LogP contribution in [0.5, 0.6) is 0 Å². The molecule has 6 nitrogen and oxygen atoms in total. The Kier molecular flexibility index (Phi) is 6.49. The minimum Gasteiger partial charge on any atom is -0.462 e. The molecule has 0 unspecified atom stereocenters. The fourth-order valence-corrected chi connectivity index (χ4v) is 3.55. The molecule has 0 aliphatic carbocycles. The second kappa shape index (κ2) is 8.59. The van der Waals surface area contributed by atoms with E-state index in [1.807, 2.05) is 37.3 Å². The van der Waals surface area contributed by atoms with E-state index in [2.05, 4.69) is 16.2 Å². The summed E-state index contributed by atoms with van der Waals surface area (Å²) in [5.41, 5.74) is 7.13. The normalized spacial score (nSPS) is 10.0. The predicted octanol–water partition coefficient (Wildman–Crippen LogP) is 3.24. The molecule has 0 fully saturated rings. The van der Waals surface area contributed by atoms with Gasteiger partial charge in [-0.25, -0.2) is 4.79 Å². The number of esters is 1. The number of hydrogen-bond acceptors (Lipinski definition) is 5. The van der Waals surface area contributed by atoms with Crippen molar-refractivity contribution >= 4 is 45.5 Å². The summed E-state index contributed by atoms with van der Waals surface area (Å²) in [4.78, 5) is 24.5. The summed E-state index contributed by atoms with van der Waals surface area (Å²) in [5.74, 6) is -0.697. The number of hydrogen-bond donors (Lipinski definition) is 3. The molecule has 0 bridgehead atoms. The monoisotopic (exact) mass is 377 g/mol. The average Bonchev–Trinajstić information content (AvgIpc) is 2.90. The van der Waals surface area contributed by atoms with E-state index in [0.717, 1.165) is 16.0 Å². The lowest BCUT2D eigenvalue weighted by atomic mass is 10.0. The van der Waals surface area contributed by atoms with E-state index < -0.39 is 5.97 Å². The molecule has 0 aliphatic heterocycles. The molecule has 132 valence electrons. The van der Waals surface area contributed by atoms with Gasteiger partial charge in [-0.15, -0.1) is 11.3 Å². The molecule has 1 amide bonds. The molecular formula is C17H19N3O3S2. The van der Waals surface area contributed by atoms with Gasteiger partial charge in [0.1, 0.15) is 10.6 Å². The molecular weight excluding hydrogens is 358 g/mol. The number of benzene rings is 1. The average molecular weight is 377 g/mol. The van der Waals surface area contributed by atoms with Gasteiger partial charge >= 0.3 is 5.97 Å². The van der Waals surface area contributed by atoms with E-state index >= 15 is 0 Å². The Labute approximate surface area is 155 Å². The van der Waals surface area contributed by atoms with E-state index in [1.165, 1.54) is 18.3 Å². The van der Waals surface area contributed by atoms with Crippen molar-refractivity contribution in [3.05, 3.63) is 40.8 Å². The molecule has 0 aliphatic rings. The van der Waals surface area contributed by atoms with E-state index in [4.69, 9.17) is 17.0 Å². The van der Waals surface area contributed by atoms with Crippen LogP contribution in [0.3, 0.4) is 0 Å². The number of nitrogens with one attached hydrogen (secondary N) is 3. The summed E-state index contributed by atoms with van der Waals surface area (Å²) < 4.78 is 5.22. The zero-order chi connectivity index (χ0) is 18.4. The second-order valence-corrected chi connectivity index (χ2v) is 6.72. The van der Waals surface area contributed by atoms with Gasteiger partial charge in [-0.3, -0.25) is 15.6 Å². The Morgan fingerprint density at radius 1 is 1.20 bits per heavy atom. The van der Waals surface area contributed by atoms with Crippen LogP contribution >= 0.6 is 23.6 Å². The number of rotatable bonds is 4. The van der Waals surface area contributed by atoms with Crippen LogP contribution in [0.25, 0.3) is 11.1 Å². The van der Waals surface area contributed by atoms with Crippen molar-refractivity contribution in [2.24, 2.45) is 0 Å². The Bertz CT molecular complexity index is 788. The number of thiocarbonyl (C=S) groups is 1. The summed E-state index contributed by atoms with van der Waals surface area (Å²) in [6, 6.07) is 9.63. The van der Waals surface area contributed by atoms with Crippen LogP contribution in [0.1, 0.15) is 29.1 Å². The molecule has 0 spiro atoms. The predicted molar refractivity (Wildman–Crippen MR) is 104 cm³/mol. The Morgan fingerprint density at radius 2 is 1.88 bits per heavy atom. The Balaban J connectivity index is 2.41.